The molecule has 8 nitrogen and oxygen atoms in total. The minimum absolute atomic E-state index is 0.000138. The van der Waals surface area contributed by atoms with Crippen LogP contribution in [0.5, 0.6) is 0 Å². The number of benzene rings is 2. The molecule has 1 fully saturated rings. The lowest BCUT2D eigenvalue weighted by molar-refractivity contribution is -0.387. The van der Waals surface area contributed by atoms with Crippen molar-refractivity contribution < 1.29 is 19.2 Å². The van der Waals surface area contributed by atoms with Gasteiger partial charge in [-0.2, -0.15) is 0 Å². The van der Waals surface area contributed by atoms with Crippen molar-refractivity contribution in [3.63, 3.8) is 0 Å². The van der Waals surface area contributed by atoms with Gasteiger partial charge >= 0.3 is 6.09 Å². The average Bonchev–Trinajstić information content (AvgIpc) is 2.82. The van der Waals surface area contributed by atoms with E-state index < -0.39 is 11.0 Å². The summed E-state index contributed by atoms with van der Waals surface area (Å²) in [5.41, 5.74) is 1.71. The van der Waals surface area contributed by atoms with Gasteiger partial charge in [-0.25, -0.2) is 4.79 Å². The van der Waals surface area contributed by atoms with Crippen molar-refractivity contribution in [3.8, 4) is 0 Å². The van der Waals surface area contributed by atoms with Crippen LogP contribution < -0.4 is 0 Å². The Kier molecular flexibility index (Phi) is 8.11. The molecule has 2 amide bonds. The molecular formula is C24H27N3O5S. The van der Waals surface area contributed by atoms with Crippen LogP contribution in [0.4, 0.5) is 10.5 Å². The highest BCUT2D eigenvalue weighted by molar-refractivity contribution is 7.99. The number of carbonyl (C=O) groups excluding carboxylic acids is 2. The zero-order valence-electron chi connectivity index (χ0n) is 18.9. The standard InChI is InChI=1S/C24H27N3O5S/c1-17(2)19-6-4-5-7-21(19)33-22-10-8-18(16-20(22)27(30)31)9-11-23(28)25-12-14-26(15-13-25)24(29)32-3/h4-11,16-17H,12-15H2,1-3H3. The van der Waals surface area contributed by atoms with Crippen molar-refractivity contribution in [2.24, 2.45) is 0 Å². The highest BCUT2D eigenvalue weighted by Crippen LogP contribution is 2.39. The fourth-order valence-corrected chi connectivity index (χ4v) is 4.73. The van der Waals surface area contributed by atoms with E-state index in [1.165, 1.54) is 31.0 Å². The third-order valence-electron chi connectivity index (χ3n) is 5.38. The Morgan fingerprint density at radius 3 is 2.36 bits per heavy atom. The molecule has 0 radical (unpaired) electrons. The predicted octanol–water partition coefficient (Wildman–Crippen LogP) is 4.79. The molecule has 0 aliphatic carbocycles. The van der Waals surface area contributed by atoms with Crippen molar-refractivity contribution >= 4 is 35.5 Å². The highest BCUT2D eigenvalue weighted by atomic mass is 32.2. The van der Waals surface area contributed by atoms with Gasteiger partial charge in [0.1, 0.15) is 0 Å². The SMILES string of the molecule is COC(=O)N1CCN(C(=O)C=Cc2ccc(Sc3ccccc3C(C)C)c([N+](=O)[O-])c2)CC1. The molecule has 1 aliphatic rings. The van der Waals surface area contributed by atoms with Crippen LogP contribution in [-0.2, 0) is 9.53 Å². The molecule has 0 saturated carbocycles. The van der Waals surface area contributed by atoms with Crippen LogP contribution in [0.2, 0.25) is 0 Å². The van der Waals surface area contributed by atoms with Gasteiger partial charge in [0.15, 0.2) is 0 Å². The lowest BCUT2D eigenvalue weighted by Crippen LogP contribution is -2.50. The summed E-state index contributed by atoms with van der Waals surface area (Å²) < 4.78 is 4.70. The molecule has 1 aliphatic heterocycles. The third-order valence-corrected chi connectivity index (χ3v) is 6.54. The van der Waals surface area contributed by atoms with Crippen molar-refractivity contribution in [1.82, 2.24) is 9.80 Å². The summed E-state index contributed by atoms with van der Waals surface area (Å²) in [6, 6.07) is 12.9. The zero-order valence-corrected chi connectivity index (χ0v) is 19.7. The van der Waals surface area contributed by atoms with E-state index in [2.05, 4.69) is 13.8 Å². The maximum absolute atomic E-state index is 12.5. The fourth-order valence-electron chi connectivity index (χ4n) is 3.55. The maximum atomic E-state index is 12.5. The Hall–Kier alpha value is -3.33. The number of nitro groups is 1. The van der Waals surface area contributed by atoms with Crippen LogP contribution in [0, 0.1) is 10.1 Å². The van der Waals surface area contributed by atoms with Crippen molar-refractivity contribution in [1.29, 1.82) is 0 Å². The van der Waals surface area contributed by atoms with Crippen LogP contribution in [0.3, 0.4) is 0 Å². The van der Waals surface area contributed by atoms with Gasteiger partial charge in [0.2, 0.25) is 5.91 Å². The number of hydrogen-bond donors (Lipinski definition) is 0. The summed E-state index contributed by atoms with van der Waals surface area (Å²) in [7, 11) is 1.33. The molecule has 3 rings (SSSR count). The average molecular weight is 470 g/mol. The van der Waals surface area contributed by atoms with Crippen LogP contribution in [0.15, 0.2) is 58.3 Å². The molecule has 0 aromatic heterocycles. The summed E-state index contributed by atoms with van der Waals surface area (Å²) in [6.45, 7) is 5.80. The molecule has 0 spiro atoms. The molecule has 0 unspecified atom stereocenters. The third kappa shape index (κ3) is 6.13. The van der Waals surface area contributed by atoms with Gasteiger partial charge in [-0.15, -0.1) is 0 Å². The van der Waals surface area contributed by atoms with E-state index in [0.717, 1.165) is 10.5 Å². The first-order chi connectivity index (χ1) is 15.8. The number of amides is 2. The zero-order chi connectivity index (χ0) is 24.0. The monoisotopic (exact) mass is 469 g/mol. The Balaban J connectivity index is 1.72. The maximum Gasteiger partial charge on any atom is 0.409 e. The molecule has 2 aromatic carbocycles. The van der Waals surface area contributed by atoms with E-state index in [1.807, 2.05) is 24.3 Å². The molecule has 33 heavy (non-hydrogen) atoms. The number of nitro benzene ring substituents is 1. The Morgan fingerprint density at radius 2 is 1.73 bits per heavy atom. The molecule has 174 valence electrons. The summed E-state index contributed by atoms with van der Waals surface area (Å²) in [4.78, 5) is 40.1. The van der Waals surface area contributed by atoms with Crippen LogP contribution in [0.1, 0.15) is 30.9 Å². The molecule has 0 bridgehead atoms. The van der Waals surface area contributed by atoms with Crippen molar-refractivity contribution in [2.45, 2.75) is 29.6 Å². The first-order valence-corrected chi connectivity index (χ1v) is 11.5. The molecule has 1 saturated heterocycles. The van der Waals surface area contributed by atoms with E-state index in [1.54, 1.807) is 28.0 Å². The first-order valence-electron chi connectivity index (χ1n) is 10.6. The number of nitrogens with zero attached hydrogens (tertiary/aromatic N) is 3. The second kappa shape index (κ2) is 11.0. The van der Waals surface area contributed by atoms with E-state index in [0.29, 0.717) is 42.6 Å². The Morgan fingerprint density at radius 1 is 1.06 bits per heavy atom. The molecule has 9 heteroatoms. The second-order valence-electron chi connectivity index (χ2n) is 7.89. The van der Waals surface area contributed by atoms with Gasteiger partial charge in [-0.1, -0.05) is 49.9 Å². The van der Waals surface area contributed by atoms with Gasteiger partial charge < -0.3 is 14.5 Å². The van der Waals surface area contributed by atoms with Gasteiger partial charge in [-0.3, -0.25) is 14.9 Å². The Labute approximate surface area is 197 Å². The van der Waals surface area contributed by atoms with Crippen molar-refractivity contribution in [3.05, 3.63) is 69.8 Å². The lowest BCUT2D eigenvalue weighted by atomic mass is 10.0. The van der Waals surface area contributed by atoms with E-state index in [-0.39, 0.29) is 11.6 Å². The van der Waals surface area contributed by atoms with Gasteiger partial charge in [0, 0.05) is 43.2 Å². The lowest BCUT2D eigenvalue weighted by Gasteiger charge is -2.33. The minimum Gasteiger partial charge on any atom is -0.453 e. The van der Waals surface area contributed by atoms with E-state index >= 15 is 0 Å². The normalized spacial score (nSPS) is 14.1. The fraction of sp³-hybridized carbons (Fsp3) is 0.333. The van der Waals surface area contributed by atoms with E-state index in [9.17, 15) is 19.7 Å². The number of piperazine rings is 1. The molecule has 0 N–H and O–H groups in total. The Bertz CT molecular complexity index is 1060. The van der Waals surface area contributed by atoms with Gasteiger partial charge in [0.05, 0.1) is 16.9 Å². The topological polar surface area (TPSA) is 93.0 Å². The number of rotatable bonds is 6. The predicted molar refractivity (Wildman–Crippen MR) is 127 cm³/mol. The number of hydrogen-bond acceptors (Lipinski definition) is 6. The molecule has 1 heterocycles. The van der Waals surface area contributed by atoms with Crippen LogP contribution in [0.25, 0.3) is 6.08 Å². The van der Waals surface area contributed by atoms with Gasteiger partial charge in [0.25, 0.3) is 5.69 Å². The number of ether oxygens (including phenoxy) is 1. The quantitative estimate of drug-likeness (QED) is 0.343. The second-order valence-corrected chi connectivity index (χ2v) is 8.98. The summed E-state index contributed by atoms with van der Waals surface area (Å²) in [6.07, 6.45) is 2.59. The minimum atomic E-state index is -0.404. The highest BCUT2D eigenvalue weighted by Gasteiger charge is 2.23. The van der Waals surface area contributed by atoms with E-state index in [4.69, 9.17) is 4.74 Å². The van der Waals surface area contributed by atoms with Gasteiger partial charge in [-0.05, 0) is 35.3 Å². The number of methoxy groups -OCH3 is 1. The largest absolute Gasteiger partial charge is 0.453 e. The summed E-state index contributed by atoms with van der Waals surface area (Å²) in [5.74, 6) is 0.0990. The summed E-state index contributed by atoms with van der Waals surface area (Å²) in [5, 5.41) is 11.7. The van der Waals surface area contributed by atoms with Crippen molar-refractivity contribution in [2.75, 3.05) is 33.3 Å². The smallest absolute Gasteiger partial charge is 0.409 e. The molecular weight excluding hydrogens is 442 g/mol. The molecule has 0 atom stereocenters. The molecule has 2 aromatic rings. The first kappa shape index (κ1) is 24.3. The summed E-state index contributed by atoms with van der Waals surface area (Å²) >= 11 is 1.37. The van der Waals surface area contributed by atoms with Crippen LogP contribution >= 0.6 is 11.8 Å². The van der Waals surface area contributed by atoms with Crippen LogP contribution in [-0.4, -0.2) is 60.0 Å². The number of carbonyl (C=O) groups is 2.